The Bertz CT molecular complexity index is 473. The molecule has 19 heavy (non-hydrogen) atoms. The predicted molar refractivity (Wildman–Crippen MR) is 77.4 cm³/mol. The smallest absolute Gasteiger partial charge is 0.219 e. The highest BCUT2D eigenvalue weighted by Gasteiger charge is 2.23. The van der Waals surface area contributed by atoms with Crippen LogP contribution in [0.1, 0.15) is 43.2 Å². The van der Waals surface area contributed by atoms with Crippen LogP contribution in [0.25, 0.3) is 0 Å². The first-order valence-electron chi connectivity index (χ1n) is 6.88. The SMILES string of the molecule is [B]c1cc2c(cc1OC)[C@H](CCNC(=O)CC)CC2. The van der Waals surface area contributed by atoms with Gasteiger partial charge >= 0.3 is 0 Å². The van der Waals surface area contributed by atoms with Crippen LogP contribution in [0.5, 0.6) is 5.75 Å². The molecule has 1 amide bonds. The van der Waals surface area contributed by atoms with Gasteiger partial charge in [-0.3, -0.25) is 4.79 Å². The maximum absolute atomic E-state index is 11.2. The van der Waals surface area contributed by atoms with Gasteiger partial charge in [0.1, 0.15) is 13.6 Å². The average Bonchev–Trinajstić information content (AvgIpc) is 2.79. The summed E-state index contributed by atoms with van der Waals surface area (Å²) in [7, 11) is 7.57. The van der Waals surface area contributed by atoms with Crippen LogP contribution < -0.4 is 15.5 Å². The predicted octanol–water partition coefficient (Wildman–Crippen LogP) is 1.44. The van der Waals surface area contributed by atoms with E-state index >= 15 is 0 Å². The van der Waals surface area contributed by atoms with E-state index in [1.807, 2.05) is 13.0 Å². The van der Waals surface area contributed by atoms with E-state index in [1.54, 1.807) is 7.11 Å². The van der Waals surface area contributed by atoms with Crippen molar-refractivity contribution in [1.29, 1.82) is 0 Å². The third kappa shape index (κ3) is 3.11. The first-order chi connectivity index (χ1) is 9.15. The van der Waals surface area contributed by atoms with Crippen molar-refractivity contribution in [3.05, 3.63) is 23.3 Å². The van der Waals surface area contributed by atoms with Crippen LogP contribution in [0.2, 0.25) is 0 Å². The molecule has 2 radical (unpaired) electrons. The molecule has 2 rings (SSSR count). The Morgan fingerprint density at radius 3 is 3.00 bits per heavy atom. The van der Waals surface area contributed by atoms with Crippen molar-refractivity contribution < 1.29 is 9.53 Å². The Kier molecular flexibility index (Phi) is 4.51. The molecule has 0 aromatic heterocycles. The summed E-state index contributed by atoms with van der Waals surface area (Å²) in [5.41, 5.74) is 3.36. The fourth-order valence-corrected chi connectivity index (χ4v) is 2.73. The lowest BCUT2D eigenvalue weighted by atomic mass is 9.89. The molecule has 0 saturated heterocycles. The fraction of sp³-hybridized carbons (Fsp3) is 0.533. The van der Waals surface area contributed by atoms with Crippen molar-refractivity contribution in [2.24, 2.45) is 0 Å². The van der Waals surface area contributed by atoms with Gasteiger partial charge in [-0.25, -0.2) is 0 Å². The second-order valence-electron chi connectivity index (χ2n) is 5.02. The van der Waals surface area contributed by atoms with Crippen LogP contribution in [-0.4, -0.2) is 27.4 Å². The van der Waals surface area contributed by atoms with Gasteiger partial charge in [0, 0.05) is 13.0 Å². The van der Waals surface area contributed by atoms with E-state index in [0.29, 0.717) is 17.8 Å². The van der Waals surface area contributed by atoms with Gasteiger partial charge in [-0.2, -0.15) is 0 Å². The number of carbonyl (C=O) groups excluding carboxylic acids is 1. The number of methoxy groups -OCH3 is 1. The van der Waals surface area contributed by atoms with Crippen LogP contribution in [0.4, 0.5) is 0 Å². The largest absolute Gasteiger partial charge is 0.497 e. The molecule has 0 fully saturated rings. The molecule has 0 saturated carbocycles. The van der Waals surface area contributed by atoms with E-state index in [2.05, 4.69) is 11.4 Å². The molecular weight excluding hydrogens is 237 g/mol. The highest BCUT2D eigenvalue weighted by molar-refractivity contribution is 6.34. The topological polar surface area (TPSA) is 38.3 Å². The van der Waals surface area contributed by atoms with Crippen molar-refractivity contribution in [3.8, 4) is 5.75 Å². The average molecular weight is 257 g/mol. The molecule has 4 heteroatoms. The summed E-state index contributed by atoms with van der Waals surface area (Å²) in [6, 6.07) is 4.09. The lowest BCUT2D eigenvalue weighted by Gasteiger charge is -2.14. The third-order valence-corrected chi connectivity index (χ3v) is 3.83. The van der Waals surface area contributed by atoms with Crippen molar-refractivity contribution in [2.75, 3.05) is 13.7 Å². The van der Waals surface area contributed by atoms with Crippen LogP contribution in [-0.2, 0) is 11.2 Å². The second-order valence-corrected chi connectivity index (χ2v) is 5.02. The number of hydrogen-bond acceptors (Lipinski definition) is 2. The molecule has 1 aliphatic carbocycles. The van der Waals surface area contributed by atoms with Crippen LogP contribution in [0, 0.1) is 0 Å². The number of aryl methyl sites for hydroxylation is 1. The van der Waals surface area contributed by atoms with Gasteiger partial charge in [0.2, 0.25) is 5.91 Å². The molecule has 1 aliphatic rings. The first-order valence-corrected chi connectivity index (χ1v) is 6.88. The number of nitrogens with one attached hydrogen (secondary N) is 1. The molecule has 1 N–H and O–H groups in total. The van der Waals surface area contributed by atoms with Crippen molar-refractivity contribution >= 4 is 19.2 Å². The highest BCUT2D eigenvalue weighted by Crippen LogP contribution is 2.36. The van der Waals surface area contributed by atoms with Gasteiger partial charge in [0.25, 0.3) is 0 Å². The lowest BCUT2D eigenvalue weighted by Crippen LogP contribution is -2.24. The van der Waals surface area contributed by atoms with Gasteiger partial charge in [-0.1, -0.05) is 18.5 Å². The molecule has 0 spiro atoms. The highest BCUT2D eigenvalue weighted by atomic mass is 16.5. The number of rotatable bonds is 5. The molecule has 0 aliphatic heterocycles. The summed E-state index contributed by atoms with van der Waals surface area (Å²) in [4.78, 5) is 11.2. The molecule has 3 nitrogen and oxygen atoms in total. The minimum atomic E-state index is 0.119. The Labute approximate surface area is 116 Å². The van der Waals surface area contributed by atoms with Crippen LogP contribution >= 0.6 is 0 Å². The van der Waals surface area contributed by atoms with Gasteiger partial charge in [0.15, 0.2) is 0 Å². The summed E-state index contributed by atoms with van der Waals surface area (Å²) in [5, 5.41) is 2.94. The number of fused-ring (bicyclic) bond motifs is 1. The first kappa shape index (κ1) is 14.0. The monoisotopic (exact) mass is 257 g/mol. The van der Waals surface area contributed by atoms with E-state index in [0.717, 1.165) is 31.6 Å². The number of hydrogen-bond donors (Lipinski definition) is 1. The molecule has 100 valence electrons. The molecule has 1 aromatic rings. The molecular formula is C15H20BNO2. The summed E-state index contributed by atoms with van der Waals surface area (Å²) in [5.74, 6) is 1.37. The van der Waals surface area contributed by atoms with Gasteiger partial charge < -0.3 is 10.1 Å². The summed E-state index contributed by atoms with van der Waals surface area (Å²) in [6.45, 7) is 2.61. The summed E-state index contributed by atoms with van der Waals surface area (Å²) < 4.78 is 5.28. The van der Waals surface area contributed by atoms with E-state index in [4.69, 9.17) is 12.6 Å². The van der Waals surface area contributed by atoms with Gasteiger partial charge in [-0.15, -0.1) is 0 Å². The Hall–Kier alpha value is -1.45. The Morgan fingerprint density at radius 2 is 2.32 bits per heavy atom. The van der Waals surface area contributed by atoms with Gasteiger partial charge in [-0.05, 0) is 42.4 Å². The van der Waals surface area contributed by atoms with E-state index in [9.17, 15) is 4.79 Å². The summed E-state index contributed by atoms with van der Waals surface area (Å²) in [6.07, 6.45) is 3.72. The quantitative estimate of drug-likeness (QED) is 0.810. The minimum Gasteiger partial charge on any atom is -0.497 e. The number of benzene rings is 1. The summed E-state index contributed by atoms with van der Waals surface area (Å²) >= 11 is 0. The number of carbonyl (C=O) groups is 1. The fourth-order valence-electron chi connectivity index (χ4n) is 2.73. The standard InChI is InChI=1S/C15H20BNO2/c1-3-15(18)17-7-6-10-4-5-11-8-13(16)14(19-2)9-12(10)11/h8-10H,3-7H2,1-2H3,(H,17,18)/t10-/m0/s1. The van der Waals surface area contributed by atoms with E-state index < -0.39 is 0 Å². The van der Waals surface area contributed by atoms with Crippen molar-refractivity contribution in [1.82, 2.24) is 5.32 Å². The molecule has 0 heterocycles. The molecule has 1 atom stereocenters. The van der Waals surface area contributed by atoms with Crippen LogP contribution in [0.15, 0.2) is 12.1 Å². The minimum absolute atomic E-state index is 0.119. The molecule has 0 bridgehead atoms. The zero-order chi connectivity index (χ0) is 13.8. The van der Waals surface area contributed by atoms with E-state index in [1.165, 1.54) is 11.1 Å². The number of ether oxygens (including phenoxy) is 1. The maximum Gasteiger partial charge on any atom is 0.219 e. The second kappa shape index (κ2) is 6.13. The normalized spacial score (nSPS) is 17.1. The molecule has 0 unspecified atom stereocenters. The van der Waals surface area contributed by atoms with Crippen LogP contribution in [0.3, 0.4) is 0 Å². The zero-order valence-electron chi connectivity index (χ0n) is 11.7. The Balaban J connectivity index is 2.02. The van der Waals surface area contributed by atoms with E-state index in [-0.39, 0.29) is 5.91 Å². The van der Waals surface area contributed by atoms with Crippen molar-refractivity contribution in [3.63, 3.8) is 0 Å². The molecule has 1 aromatic carbocycles. The van der Waals surface area contributed by atoms with Crippen molar-refractivity contribution in [2.45, 2.75) is 38.5 Å². The van der Waals surface area contributed by atoms with Gasteiger partial charge in [0.05, 0.1) is 7.11 Å². The Morgan fingerprint density at radius 1 is 1.53 bits per heavy atom. The zero-order valence-corrected chi connectivity index (χ0v) is 11.7. The lowest BCUT2D eigenvalue weighted by molar-refractivity contribution is -0.120. The third-order valence-electron chi connectivity index (χ3n) is 3.83. The maximum atomic E-state index is 11.2. The number of amides is 1.